The van der Waals surface area contributed by atoms with Gasteiger partial charge in [-0.15, -0.1) is 0 Å². The summed E-state index contributed by atoms with van der Waals surface area (Å²) in [6, 6.07) is 6.55. The van der Waals surface area contributed by atoms with E-state index in [0.717, 1.165) is 12.1 Å². The van der Waals surface area contributed by atoms with Gasteiger partial charge in [0.05, 0.1) is 33.6 Å². The molecule has 3 rings (SSSR count). The first-order valence-electron chi connectivity index (χ1n) is 9.61. The van der Waals surface area contributed by atoms with E-state index in [9.17, 15) is 22.8 Å². The van der Waals surface area contributed by atoms with Crippen LogP contribution in [0, 0.1) is 0 Å². The summed E-state index contributed by atoms with van der Waals surface area (Å²) in [4.78, 5) is 27.9. The van der Waals surface area contributed by atoms with Crippen molar-refractivity contribution in [2.45, 2.75) is 24.7 Å². The number of ether oxygens (including phenoxy) is 1. The van der Waals surface area contributed by atoms with Crippen LogP contribution in [0.15, 0.2) is 35.5 Å². The second kappa shape index (κ2) is 11.0. The zero-order valence-corrected chi connectivity index (χ0v) is 21.5. The molecule has 2 aromatic carbocycles. The van der Waals surface area contributed by atoms with Crippen molar-refractivity contribution in [3.63, 3.8) is 0 Å². The van der Waals surface area contributed by atoms with E-state index in [0.29, 0.717) is 22.9 Å². The highest BCUT2D eigenvalue weighted by molar-refractivity contribution is 8.13. The number of hydrogen-bond donors (Lipinski definition) is 1. The van der Waals surface area contributed by atoms with Crippen LogP contribution >= 0.6 is 58.2 Å². The van der Waals surface area contributed by atoms with Gasteiger partial charge in [0.15, 0.2) is 0 Å². The predicted octanol–water partition coefficient (Wildman–Crippen LogP) is 7.00. The van der Waals surface area contributed by atoms with E-state index in [1.165, 1.54) is 25.3 Å². The second-order valence-corrected chi connectivity index (χ2v) is 9.72. The van der Waals surface area contributed by atoms with Gasteiger partial charge >= 0.3 is 11.5 Å². The van der Waals surface area contributed by atoms with Crippen molar-refractivity contribution in [3.8, 4) is 0 Å². The Kier molecular flexibility index (Phi) is 8.75. The molecule has 6 nitrogen and oxygen atoms in total. The van der Waals surface area contributed by atoms with E-state index in [1.807, 2.05) is 0 Å². The minimum Gasteiger partial charge on any atom is -0.461 e. The van der Waals surface area contributed by atoms with Gasteiger partial charge in [-0.3, -0.25) is 4.79 Å². The number of nitrogens with zero attached hydrogens (tertiary/aromatic N) is 1. The van der Waals surface area contributed by atoms with Crippen molar-refractivity contribution in [2.24, 2.45) is 5.16 Å². The van der Waals surface area contributed by atoms with Crippen LogP contribution in [0.2, 0.25) is 20.1 Å². The van der Waals surface area contributed by atoms with Crippen molar-refractivity contribution in [2.75, 3.05) is 12.9 Å². The van der Waals surface area contributed by atoms with Crippen LogP contribution in [0.5, 0.6) is 0 Å². The Bertz CT molecular complexity index is 1170. The number of rotatable bonds is 6. The third-order valence-electron chi connectivity index (χ3n) is 4.99. The predicted molar refractivity (Wildman–Crippen MR) is 130 cm³/mol. The lowest BCUT2D eigenvalue weighted by atomic mass is 9.86. The van der Waals surface area contributed by atoms with Gasteiger partial charge in [-0.1, -0.05) is 63.7 Å². The number of alkyl halides is 3. The first-order valence-corrected chi connectivity index (χ1v) is 12.1. The summed E-state index contributed by atoms with van der Waals surface area (Å²) in [5, 5.41) is 5.46. The third kappa shape index (κ3) is 6.11. The molecule has 0 saturated carbocycles. The Morgan fingerprint density at radius 1 is 1.14 bits per heavy atom. The Hall–Kier alpha value is -1.85. The van der Waals surface area contributed by atoms with Gasteiger partial charge in [0, 0.05) is 29.1 Å². The van der Waals surface area contributed by atoms with Gasteiger partial charge in [0.1, 0.15) is 0 Å². The number of carbonyl (C=O) groups excluding carboxylic acids is 2. The average molecular weight is 590 g/mol. The Balaban J connectivity index is 1.77. The Morgan fingerprint density at radius 2 is 1.80 bits per heavy atom. The number of hydrogen-bond acceptors (Lipinski definition) is 6. The smallest absolute Gasteiger partial charge is 0.435 e. The van der Waals surface area contributed by atoms with Crippen molar-refractivity contribution in [3.05, 3.63) is 67.1 Å². The molecule has 0 saturated heterocycles. The third-order valence-corrected chi connectivity index (χ3v) is 7.34. The Morgan fingerprint density at radius 3 is 2.37 bits per heavy atom. The maximum absolute atomic E-state index is 14.2. The summed E-state index contributed by atoms with van der Waals surface area (Å²) < 4.78 is 47.0. The molecule has 1 amide bonds. The first kappa shape index (κ1) is 27.7. The van der Waals surface area contributed by atoms with E-state index in [-0.39, 0.29) is 43.7 Å². The lowest BCUT2D eigenvalue weighted by Crippen LogP contribution is -2.42. The van der Waals surface area contributed by atoms with Crippen LogP contribution in [-0.4, -0.2) is 36.0 Å². The summed E-state index contributed by atoms with van der Waals surface area (Å²) in [5.74, 6) is -0.571. The Labute approximate surface area is 222 Å². The molecule has 0 spiro atoms. The molecule has 1 unspecified atom stereocenters. The fourth-order valence-electron chi connectivity index (χ4n) is 3.15. The molecule has 0 aromatic heterocycles. The molecule has 0 bridgehead atoms. The normalized spacial score (nSPS) is 17.5. The molecule has 14 heteroatoms. The van der Waals surface area contributed by atoms with Crippen LogP contribution in [-0.2, 0) is 26.5 Å². The number of carbonyl (C=O) groups is 2. The number of halogens is 7. The lowest BCUT2D eigenvalue weighted by Gasteiger charge is -2.30. The van der Waals surface area contributed by atoms with E-state index in [2.05, 4.69) is 15.2 Å². The van der Waals surface area contributed by atoms with Crippen molar-refractivity contribution < 1.29 is 32.3 Å². The highest BCUT2D eigenvalue weighted by Crippen LogP contribution is 2.50. The van der Waals surface area contributed by atoms with Crippen LogP contribution in [0.4, 0.5) is 18.0 Å². The van der Waals surface area contributed by atoms with Crippen LogP contribution in [0.1, 0.15) is 23.1 Å². The largest absolute Gasteiger partial charge is 0.461 e. The van der Waals surface area contributed by atoms with Gasteiger partial charge in [0.25, 0.3) is 5.60 Å². The lowest BCUT2D eigenvalue weighted by molar-refractivity contribution is -0.275. The van der Waals surface area contributed by atoms with E-state index < -0.39 is 29.4 Å². The molecule has 0 radical (unpaired) electrons. The number of amides is 1. The quantitative estimate of drug-likeness (QED) is 0.290. The molecule has 35 heavy (non-hydrogen) atoms. The number of benzene rings is 2. The van der Waals surface area contributed by atoms with E-state index in [1.54, 1.807) is 0 Å². The fraction of sp³-hybridized carbons (Fsp3) is 0.286. The summed E-state index contributed by atoms with van der Waals surface area (Å²) in [5.41, 5.74) is -2.38. The second-order valence-electron chi connectivity index (χ2n) is 7.21. The van der Waals surface area contributed by atoms with Crippen molar-refractivity contribution in [1.82, 2.24) is 5.32 Å². The molecule has 1 aliphatic heterocycles. The first-order chi connectivity index (χ1) is 16.4. The molecule has 0 aliphatic carbocycles. The summed E-state index contributed by atoms with van der Waals surface area (Å²) in [6.45, 7) is 0.0386. The summed E-state index contributed by atoms with van der Waals surface area (Å²) >= 11 is 24.7. The number of nitrogens with one attached hydrogen (secondary N) is 1. The van der Waals surface area contributed by atoms with Crippen molar-refractivity contribution in [1.29, 1.82) is 0 Å². The zero-order valence-electron chi connectivity index (χ0n) is 17.6. The molecule has 0 fully saturated rings. The maximum atomic E-state index is 14.2. The van der Waals surface area contributed by atoms with Gasteiger partial charge < -0.3 is 14.9 Å². The molecule has 1 aliphatic rings. The van der Waals surface area contributed by atoms with Crippen LogP contribution in [0.3, 0.4) is 0 Å². The summed E-state index contributed by atoms with van der Waals surface area (Å²) in [7, 11) is 1.20. The fourth-order valence-corrected chi connectivity index (χ4v) is 4.46. The molecule has 2 aromatic rings. The minimum absolute atomic E-state index is 0.00326. The van der Waals surface area contributed by atoms with Crippen LogP contribution < -0.4 is 5.32 Å². The van der Waals surface area contributed by atoms with Crippen molar-refractivity contribution >= 4 is 75.1 Å². The summed E-state index contributed by atoms with van der Waals surface area (Å²) in [6.07, 6.45) is -5.53. The maximum Gasteiger partial charge on any atom is 0.435 e. The van der Waals surface area contributed by atoms with Gasteiger partial charge in [0.2, 0.25) is 5.91 Å². The topological polar surface area (TPSA) is 77.0 Å². The van der Waals surface area contributed by atoms with E-state index >= 15 is 0 Å². The highest BCUT2D eigenvalue weighted by atomic mass is 35.5. The standard InChI is InChI=1S/C21H15Cl4F3N2O4S/c1-33-19(32)35-9-17(31)29-8-11-3-2-10(4-13(11)22)16-7-20(34-30-16,21(26,27)28)12-5-14(23)18(25)15(24)6-12/h2-6H,7-9H2,1H3,(H,29,31). The molecular weight excluding hydrogens is 575 g/mol. The molecule has 1 N–H and O–H groups in total. The number of thioether (sulfide) groups is 1. The minimum atomic E-state index is -4.87. The monoisotopic (exact) mass is 588 g/mol. The van der Waals surface area contributed by atoms with Gasteiger partial charge in [-0.05, 0) is 35.5 Å². The van der Waals surface area contributed by atoms with Gasteiger partial charge in [-0.2, -0.15) is 13.2 Å². The molecular formula is C21H15Cl4F3N2O4S. The number of methoxy groups -OCH3 is 1. The highest BCUT2D eigenvalue weighted by Gasteiger charge is 2.62. The zero-order chi connectivity index (χ0) is 26.0. The number of oxime groups is 1. The van der Waals surface area contributed by atoms with Gasteiger partial charge in [-0.25, -0.2) is 4.79 Å². The average Bonchev–Trinajstić information content (AvgIpc) is 3.27. The SMILES string of the molecule is COC(=O)SCC(=O)NCc1ccc(C2=NOC(c3cc(Cl)c(Cl)c(Cl)c3)(C(F)(F)F)C2)cc1Cl. The van der Waals surface area contributed by atoms with Crippen LogP contribution in [0.25, 0.3) is 0 Å². The molecule has 1 heterocycles. The molecule has 1 atom stereocenters. The van der Waals surface area contributed by atoms with E-state index in [4.69, 9.17) is 51.2 Å². The molecule has 188 valence electrons.